The Morgan fingerprint density at radius 3 is 2.58 bits per heavy atom. The van der Waals surface area contributed by atoms with Gasteiger partial charge in [0.25, 0.3) is 6.33 Å². The first kappa shape index (κ1) is 30.9. The average molecular weight is 628 g/mol. The summed E-state index contributed by atoms with van der Waals surface area (Å²) in [6.07, 6.45) is 2.64. The van der Waals surface area contributed by atoms with Crippen molar-refractivity contribution in [1.29, 1.82) is 0 Å². The number of hydrogen-bond acceptors (Lipinski definition) is 10. The fourth-order valence-electron chi connectivity index (χ4n) is 4.92. The summed E-state index contributed by atoms with van der Waals surface area (Å²) in [6.45, 7) is 2.85. The highest BCUT2D eigenvalue weighted by Crippen LogP contribution is 2.34. The largest absolute Gasteiger partial charge is 0.551 e. The number of aromatic nitrogens is 7. The second kappa shape index (κ2) is 13.0. The summed E-state index contributed by atoms with van der Waals surface area (Å²) in [6, 6.07) is 8.19. The molecule has 45 heavy (non-hydrogen) atoms. The molecule has 4 aromatic rings. The summed E-state index contributed by atoms with van der Waals surface area (Å²) >= 11 is 0. The van der Waals surface area contributed by atoms with Crippen molar-refractivity contribution in [3.8, 4) is 5.69 Å². The van der Waals surface area contributed by atoms with Crippen LogP contribution in [0.2, 0.25) is 0 Å². The van der Waals surface area contributed by atoms with Crippen molar-refractivity contribution in [2.45, 2.75) is 32.0 Å². The highest BCUT2D eigenvalue weighted by molar-refractivity contribution is 5.94. The summed E-state index contributed by atoms with van der Waals surface area (Å²) in [4.78, 5) is 44.4. The number of rotatable bonds is 11. The first-order valence-corrected chi connectivity index (χ1v) is 13.7. The molecule has 5 rings (SSSR count). The van der Waals surface area contributed by atoms with Crippen LogP contribution in [-0.4, -0.2) is 90.4 Å². The minimum absolute atomic E-state index is 0.0845. The van der Waals surface area contributed by atoms with Gasteiger partial charge in [-0.1, -0.05) is 6.07 Å². The Morgan fingerprint density at radius 1 is 1.13 bits per heavy atom. The molecule has 0 bridgehead atoms. The molecule has 16 nitrogen and oxygen atoms in total. The maximum atomic E-state index is 15.2. The lowest BCUT2D eigenvalue weighted by molar-refractivity contribution is -0.766. The number of aliphatic hydroxyl groups is 1. The number of tetrazole rings is 1. The molecular weight excluding hydrogens is 598 g/mol. The molecule has 0 aliphatic carbocycles. The Balaban J connectivity index is 1.34. The average Bonchev–Trinajstić information content (AvgIpc) is 3.77. The summed E-state index contributed by atoms with van der Waals surface area (Å²) in [5.74, 6) is -2.16. The fourth-order valence-corrected chi connectivity index (χ4v) is 4.92. The number of carbonyl (C=O) groups is 3. The van der Waals surface area contributed by atoms with Crippen LogP contribution in [0.15, 0.2) is 61.4 Å². The van der Waals surface area contributed by atoms with Crippen molar-refractivity contribution < 1.29 is 42.5 Å². The number of urea groups is 1. The van der Waals surface area contributed by atoms with E-state index in [2.05, 4.69) is 25.9 Å². The Morgan fingerprint density at radius 2 is 1.89 bits per heavy atom. The van der Waals surface area contributed by atoms with Crippen molar-refractivity contribution in [2.24, 2.45) is 0 Å². The number of anilines is 1. The number of nitrogens with one attached hydrogen (secondary N) is 1. The second-order valence-corrected chi connectivity index (χ2v) is 10.1. The molecular formula is C27H29F2N10O6+. The molecule has 236 valence electrons. The van der Waals surface area contributed by atoms with E-state index in [1.165, 1.54) is 38.7 Å². The van der Waals surface area contributed by atoms with Gasteiger partial charge in [0, 0.05) is 37.3 Å². The monoisotopic (exact) mass is 627 g/mol. The van der Waals surface area contributed by atoms with Gasteiger partial charge >= 0.3 is 18.5 Å². The van der Waals surface area contributed by atoms with Crippen LogP contribution < -0.4 is 19.7 Å². The molecule has 1 saturated heterocycles. The zero-order valence-corrected chi connectivity index (χ0v) is 24.2. The first-order valence-electron chi connectivity index (χ1n) is 13.7. The number of carbonyl (C=O) groups excluding carboxylic acids is 3. The van der Waals surface area contributed by atoms with E-state index in [1.54, 1.807) is 31.2 Å². The number of halogens is 2. The standard InChI is InChI=1S/C27H28F2N10O6/c1-18(37-10-11-38(25(37)41)21-4-6-22(7-5-21)39-15-31-33-34-39)27(43,23-8-3-20(28)13-24(23)29)14-35-17-36(16-32-35)45-26(42)44-12-9-30-19(2)40/h3-8,13,15-18,43H,9-12,14H2,1-2H3/p+1/t18-,27-/m1/s1. The van der Waals surface area contributed by atoms with Gasteiger partial charge in [-0.15, -0.1) is 9.78 Å². The fraction of sp³-hybridized carbons (Fsp3) is 0.333. The van der Waals surface area contributed by atoms with E-state index >= 15 is 4.39 Å². The normalized spacial score (nSPS) is 15.1. The van der Waals surface area contributed by atoms with E-state index in [-0.39, 0.29) is 37.7 Å². The van der Waals surface area contributed by atoms with Crippen LogP contribution in [0.3, 0.4) is 0 Å². The first-order chi connectivity index (χ1) is 21.5. The molecule has 0 radical (unpaired) electrons. The lowest BCUT2D eigenvalue weighted by Crippen LogP contribution is -2.58. The molecule has 1 fully saturated rings. The minimum atomic E-state index is -2.13. The summed E-state index contributed by atoms with van der Waals surface area (Å²) in [5.41, 5.74) is -1.14. The highest BCUT2D eigenvalue weighted by Gasteiger charge is 2.48. The van der Waals surface area contributed by atoms with E-state index in [0.717, 1.165) is 23.2 Å². The topological polar surface area (TPSA) is 174 Å². The van der Waals surface area contributed by atoms with Crippen molar-refractivity contribution in [2.75, 3.05) is 31.1 Å². The quantitative estimate of drug-likeness (QED) is 0.134. The van der Waals surface area contributed by atoms with Gasteiger partial charge in [0.1, 0.15) is 31.1 Å². The molecule has 18 heteroatoms. The van der Waals surface area contributed by atoms with E-state index < -0.39 is 42.0 Å². The number of nitrogens with zero attached hydrogens (tertiary/aromatic N) is 9. The predicted octanol–water partition coefficient (Wildman–Crippen LogP) is 0.344. The van der Waals surface area contributed by atoms with Gasteiger partial charge in [-0.2, -0.15) is 4.79 Å². The zero-order chi connectivity index (χ0) is 32.1. The van der Waals surface area contributed by atoms with Gasteiger partial charge in [0.05, 0.1) is 18.3 Å². The third kappa shape index (κ3) is 6.85. The molecule has 1 aliphatic rings. The van der Waals surface area contributed by atoms with Crippen LogP contribution in [0.4, 0.5) is 24.1 Å². The van der Waals surface area contributed by atoms with Gasteiger partial charge in [0.2, 0.25) is 5.91 Å². The number of hydrogen-bond donors (Lipinski definition) is 2. The Kier molecular flexibility index (Phi) is 8.93. The van der Waals surface area contributed by atoms with E-state index in [0.29, 0.717) is 17.4 Å². The maximum absolute atomic E-state index is 15.2. The van der Waals surface area contributed by atoms with Gasteiger partial charge in [-0.25, -0.2) is 23.1 Å². The SMILES string of the molecule is CC(=O)NCCOC(=O)On1cn[n+](C[C@](O)(c2ccc(F)cc2F)[C@@H](C)N2CCN(c3ccc(-n4cnnn4)cc3)C2=O)c1. The lowest BCUT2D eigenvalue weighted by atomic mass is 9.85. The molecule has 2 aromatic heterocycles. The van der Waals surface area contributed by atoms with E-state index in [4.69, 9.17) is 9.57 Å². The van der Waals surface area contributed by atoms with E-state index in [9.17, 15) is 23.9 Å². The van der Waals surface area contributed by atoms with Crippen LogP contribution in [0.5, 0.6) is 0 Å². The van der Waals surface area contributed by atoms with Crippen molar-refractivity contribution in [3.05, 3.63) is 78.6 Å². The summed E-state index contributed by atoms with van der Waals surface area (Å²) in [5, 5.41) is 29.7. The van der Waals surface area contributed by atoms with Gasteiger partial charge < -0.3 is 20.1 Å². The number of ether oxygens (including phenoxy) is 1. The molecule has 2 N–H and O–H groups in total. The molecule has 0 spiro atoms. The summed E-state index contributed by atoms with van der Waals surface area (Å²) < 4.78 is 37.4. The molecule has 0 unspecified atom stereocenters. The zero-order valence-electron chi connectivity index (χ0n) is 24.2. The van der Waals surface area contributed by atoms with Gasteiger partial charge in [0.15, 0.2) is 5.60 Å². The van der Waals surface area contributed by atoms with Crippen molar-refractivity contribution in [1.82, 2.24) is 40.3 Å². The van der Waals surface area contributed by atoms with Crippen LogP contribution in [0.1, 0.15) is 19.4 Å². The molecule has 2 aromatic carbocycles. The maximum Gasteiger partial charge on any atom is 0.551 e. The predicted molar refractivity (Wildman–Crippen MR) is 147 cm³/mol. The smallest absolute Gasteiger partial charge is 0.430 e. The Bertz CT molecular complexity index is 1670. The molecule has 2 atom stereocenters. The molecule has 3 amide bonds. The number of benzene rings is 2. The van der Waals surface area contributed by atoms with Crippen LogP contribution in [-0.2, 0) is 21.7 Å². The van der Waals surface area contributed by atoms with Gasteiger partial charge in [-0.3, -0.25) is 9.69 Å². The van der Waals surface area contributed by atoms with Crippen LogP contribution in [0, 0.1) is 11.6 Å². The number of amides is 3. The minimum Gasteiger partial charge on any atom is -0.430 e. The highest BCUT2D eigenvalue weighted by atomic mass is 19.1. The van der Waals surface area contributed by atoms with Crippen molar-refractivity contribution in [3.63, 3.8) is 0 Å². The van der Waals surface area contributed by atoms with Gasteiger partial charge in [-0.05, 0) is 57.5 Å². The Hall–Kier alpha value is -5.52. The molecule has 3 heterocycles. The molecule has 1 aliphatic heterocycles. The van der Waals surface area contributed by atoms with Crippen molar-refractivity contribution >= 4 is 23.8 Å². The molecule has 0 saturated carbocycles. The third-order valence-electron chi connectivity index (χ3n) is 7.21. The summed E-state index contributed by atoms with van der Waals surface area (Å²) in [7, 11) is 0. The second-order valence-electron chi connectivity index (χ2n) is 10.1. The van der Waals surface area contributed by atoms with Crippen LogP contribution >= 0.6 is 0 Å². The third-order valence-corrected chi connectivity index (χ3v) is 7.21. The van der Waals surface area contributed by atoms with Crippen LogP contribution in [0.25, 0.3) is 5.69 Å². The lowest BCUT2D eigenvalue weighted by Gasteiger charge is -2.38. The van der Waals surface area contributed by atoms with E-state index in [1.807, 2.05) is 0 Å². The Labute approximate surface area is 254 Å².